The lowest BCUT2D eigenvalue weighted by Gasteiger charge is -2.32. The monoisotopic (exact) mass is 650 g/mol. The number of piperidine rings is 2. The smallest absolute Gasteiger partial charge is 0.234 e. The minimum Gasteiger partial charge on any atom is -0.356 e. The molecule has 3 fully saturated rings. The van der Waals surface area contributed by atoms with Crippen molar-refractivity contribution in [1.29, 1.82) is 0 Å². The average Bonchev–Trinajstić information content (AvgIpc) is 3.35. The Morgan fingerprint density at radius 3 is 2.67 bits per heavy atom. The molecule has 6 rings (SSSR count). The highest BCUT2D eigenvalue weighted by atomic mass is 127. The van der Waals surface area contributed by atoms with E-state index in [-0.39, 0.29) is 24.1 Å². The highest BCUT2D eigenvalue weighted by molar-refractivity contribution is 14.1. The Labute approximate surface area is 242 Å². The van der Waals surface area contributed by atoms with Crippen LogP contribution in [0, 0.1) is 12.7 Å². The molecule has 3 unspecified atom stereocenters. The zero-order valence-corrected chi connectivity index (χ0v) is 25.2. The van der Waals surface area contributed by atoms with Gasteiger partial charge in [-0.25, -0.2) is 4.39 Å². The second-order valence-corrected chi connectivity index (χ2v) is 10.3. The summed E-state index contributed by atoms with van der Waals surface area (Å²) in [5.41, 5.74) is 2.43. The molecular weight excluding hydrogens is 614 g/mol. The first kappa shape index (κ1) is 29.5. The van der Waals surface area contributed by atoms with E-state index in [1.807, 2.05) is 53.2 Å². The van der Waals surface area contributed by atoms with E-state index in [1.165, 1.54) is 0 Å². The normalized spacial score (nSPS) is 26.1. The largest absolute Gasteiger partial charge is 0.356 e. The van der Waals surface area contributed by atoms with Crippen molar-refractivity contribution >= 4 is 45.6 Å². The van der Waals surface area contributed by atoms with Crippen LogP contribution in [0.3, 0.4) is 0 Å². The summed E-state index contributed by atoms with van der Waals surface area (Å²) >= 11 is 1.65. The number of likely N-dealkylation sites (tertiary alicyclic amines) is 1. The molecule has 39 heavy (non-hydrogen) atoms. The Balaban J connectivity index is 0.000000845. The molecule has 0 aliphatic carbocycles. The molecule has 0 saturated carbocycles. The average molecular weight is 651 g/mol. The number of epoxide rings is 1. The summed E-state index contributed by atoms with van der Waals surface area (Å²) in [6, 6.07) is 5.39. The maximum atomic E-state index is 16.1. The number of rotatable bonds is 4. The number of nitrogens with zero attached hydrogens (tertiary/aromatic N) is 4. The quantitative estimate of drug-likeness (QED) is 0.189. The van der Waals surface area contributed by atoms with Gasteiger partial charge in [0, 0.05) is 84.4 Å². The standard InChI is InChI=1S/C26H28FN5O3.C2H6.H2IN/c1-15-18(17-4-7-22(33)30-24(17)34)10-19-21(29-15)6-5-20(23(19)27)26-8-9-32(14-25(26,2)35-26)13-16-11-28-31(3)12-16;2*1-2/h5-6,10-12,17H,4,7-9,13-14H2,1-3H3,(H,30,33,34);1-2H3;2H2. The van der Waals surface area contributed by atoms with Gasteiger partial charge in [0.1, 0.15) is 17.0 Å². The minimum absolute atomic E-state index is 0.265. The van der Waals surface area contributed by atoms with Crippen LogP contribution in [0.5, 0.6) is 0 Å². The van der Waals surface area contributed by atoms with E-state index >= 15 is 4.39 Å². The summed E-state index contributed by atoms with van der Waals surface area (Å²) in [6.45, 7) is 10.1. The van der Waals surface area contributed by atoms with Gasteiger partial charge in [-0.1, -0.05) is 19.9 Å². The van der Waals surface area contributed by atoms with Crippen LogP contribution in [-0.2, 0) is 33.5 Å². The van der Waals surface area contributed by atoms with Gasteiger partial charge in [0.15, 0.2) is 0 Å². The molecule has 2 amide bonds. The van der Waals surface area contributed by atoms with E-state index in [1.54, 1.807) is 39.7 Å². The Morgan fingerprint density at radius 1 is 1.28 bits per heavy atom. The Morgan fingerprint density at radius 2 is 2.03 bits per heavy atom. The molecule has 3 aliphatic heterocycles. The van der Waals surface area contributed by atoms with Crippen LogP contribution in [-0.4, -0.2) is 50.2 Å². The molecule has 9 nitrogen and oxygen atoms in total. The maximum Gasteiger partial charge on any atom is 0.234 e. The van der Waals surface area contributed by atoms with E-state index in [9.17, 15) is 9.59 Å². The third-order valence-corrected chi connectivity index (χ3v) is 7.89. The summed E-state index contributed by atoms with van der Waals surface area (Å²) in [5.74, 6) is -1.47. The van der Waals surface area contributed by atoms with Crippen LogP contribution in [0.1, 0.15) is 68.3 Å². The highest BCUT2D eigenvalue weighted by Gasteiger charge is 2.70. The number of benzene rings is 1. The van der Waals surface area contributed by atoms with Crippen LogP contribution in [0.4, 0.5) is 4.39 Å². The zero-order valence-electron chi connectivity index (χ0n) is 23.1. The van der Waals surface area contributed by atoms with E-state index in [0.717, 1.165) is 18.7 Å². The van der Waals surface area contributed by atoms with Gasteiger partial charge in [-0.05, 0) is 44.4 Å². The first-order chi connectivity index (χ1) is 18.7. The second kappa shape index (κ2) is 11.6. The van der Waals surface area contributed by atoms with E-state index in [0.29, 0.717) is 47.1 Å². The van der Waals surface area contributed by atoms with Gasteiger partial charge < -0.3 is 4.74 Å². The van der Waals surface area contributed by atoms with Crippen molar-refractivity contribution in [3.63, 3.8) is 0 Å². The number of fused-ring (bicyclic) bond motifs is 2. The molecule has 3 aromatic rings. The Kier molecular flexibility index (Phi) is 8.74. The lowest BCUT2D eigenvalue weighted by molar-refractivity contribution is -0.134. The molecule has 11 heteroatoms. The number of nitrogens with one attached hydrogen (secondary N) is 1. The van der Waals surface area contributed by atoms with Crippen molar-refractivity contribution in [1.82, 2.24) is 25.0 Å². The number of nitrogens with two attached hydrogens (primary N) is 1. The van der Waals surface area contributed by atoms with Crippen molar-refractivity contribution in [2.24, 2.45) is 11.0 Å². The molecule has 0 bridgehead atoms. The van der Waals surface area contributed by atoms with Crippen molar-refractivity contribution < 1.29 is 18.7 Å². The Bertz CT molecular complexity index is 1400. The molecule has 3 saturated heterocycles. The van der Waals surface area contributed by atoms with Crippen molar-refractivity contribution in [3.05, 3.63) is 58.8 Å². The van der Waals surface area contributed by atoms with Gasteiger partial charge in [-0.2, -0.15) is 5.10 Å². The van der Waals surface area contributed by atoms with E-state index < -0.39 is 17.1 Å². The summed E-state index contributed by atoms with van der Waals surface area (Å²) in [6.07, 6.45) is 5.23. The van der Waals surface area contributed by atoms with Crippen LogP contribution in [0.25, 0.3) is 10.9 Å². The van der Waals surface area contributed by atoms with Crippen molar-refractivity contribution in [2.75, 3.05) is 13.1 Å². The highest BCUT2D eigenvalue weighted by Crippen LogP contribution is 2.61. The van der Waals surface area contributed by atoms with Crippen LogP contribution in [0.2, 0.25) is 0 Å². The molecule has 0 spiro atoms. The van der Waals surface area contributed by atoms with Gasteiger partial charge in [0.25, 0.3) is 0 Å². The number of hydrogen-bond acceptors (Lipinski definition) is 7. The van der Waals surface area contributed by atoms with Crippen molar-refractivity contribution in [3.8, 4) is 0 Å². The predicted molar refractivity (Wildman–Crippen MR) is 155 cm³/mol. The number of hydrogen-bond donors (Lipinski definition) is 2. The molecule has 0 radical (unpaired) electrons. The van der Waals surface area contributed by atoms with Crippen molar-refractivity contribution in [2.45, 2.75) is 70.6 Å². The molecule has 210 valence electrons. The third-order valence-electron chi connectivity index (χ3n) is 7.89. The molecular formula is C28H36FIN6O3. The lowest BCUT2D eigenvalue weighted by Crippen LogP contribution is -2.44. The number of halogens is 2. The number of pyridine rings is 1. The van der Waals surface area contributed by atoms with E-state index in [2.05, 4.69) is 24.2 Å². The molecule has 3 N–H and O–H groups in total. The van der Waals surface area contributed by atoms with Crippen LogP contribution < -0.4 is 9.26 Å². The summed E-state index contributed by atoms with van der Waals surface area (Å²) in [5, 5.41) is 7.03. The number of ether oxygens (including phenoxy) is 1. The SMILES string of the molecule is CC.Cc1nc2ccc(C34CCN(Cc5cnn(C)c5)CC3(C)O4)c(F)c2cc1C1CCC(=O)NC1=O.NI. The zero-order chi connectivity index (χ0) is 28.5. The lowest BCUT2D eigenvalue weighted by atomic mass is 9.80. The fourth-order valence-corrected chi connectivity index (χ4v) is 6.05. The van der Waals surface area contributed by atoms with Crippen LogP contribution >= 0.6 is 22.9 Å². The Hall–Kier alpha value is -2.48. The first-order valence-electron chi connectivity index (χ1n) is 13.2. The minimum atomic E-state index is -0.670. The molecule has 5 heterocycles. The maximum absolute atomic E-state index is 16.1. The summed E-state index contributed by atoms with van der Waals surface area (Å²) in [7, 11) is 1.90. The van der Waals surface area contributed by atoms with Gasteiger partial charge in [0.2, 0.25) is 11.8 Å². The number of aromatic nitrogens is 3. The van der Waals surface area contributed by atoms with Gasteiger partial charge in [-0.3, -0.25) is 33.4 Å². The number of carbonyl (C=O) groups is 2. The number of amides is 2. The third kappa shape index (κ3) is 5.33. The van der Waals surface area contributed by atoms with Gasteiger partial charge in [0.05, 0.1) is 17.6 Å². The number of aryl methyl sites for hydroxylation is 2. The molecule has 2 aromatic heterocycles. The fraction of sp³-hybridized carbons (Fsp3) is 0.500. The molecule has 1 aromatic carbocycles. The molecule has 3 atom stereocenters. The topological polar surface area (TPSA) is 119 Å². The molecule has 3 aliphatic rings. The predicted octanol–water partition coefficient (Wildman–Crippen LogP) is 4.15. The van der Waals surface area contributed by atoms with Gasteiger partial charge >= 0.3 is 0 Å². The number of imide groups is 1. The second-order valence-electron chi connectivity index (χ2n) is 10.3. The fourth-order valence-electron chi connectivity index (χ4n) is 6.05. The van der Waals surface area contributed by atoms with E-state index in [4.69, 9.17) is 4.74 Å². The number of carbonyl (C=O) groups excluding carboxylic acids is 2. The summed E-state index contributed by atoms with van der Waals surface area (Å²) < 4.78 is 28.7. The van der Waals surface area contributed by atoms with Crippen LogP contribution in [0.15, 0.2) is 30.6 Å². The summed E-state index contributed by atoms with van der Waals surface area (Å²) in [4.78, 5) is 31.0. The van der Waals surface area contributed by atoms with Gasteiger partial charge in [-0.15, -0.1) is 0 Å². The first-order valence-corrected chi connectivity index (χ1v) is 14.5.